The third-order valence-corrected chi connectivity index (χ3v) is 6.87. The van der Waals surface area contributed by atoms with Crippen LogP contribution in [-0.2, 0) is 0 Å². The average molecular weight is 175 g/mol. The third-order valence-electron chi connectivity index (χ3n) is 1.32. The zero-order valence-corrected chi connectivity index (χ0v) is 9.54. The monoisotopic (exact) mass is 176 g/mol. The maximum absolute atomic E-state index is 2.36. The van der Waals surface area contributed by atoms with Gasteiger partial charge in [-0.3, -0.25) is 0 Å². The first-order chi connectivity index (χ1) is 3.63. The first kappa shape index (κ1) is 8.54. The van der Waals surface area contributed by atoms with Crippen LogP contribution in [0.1, 0.15) is 27.7 Å². The molecule has 0 atom stereocenters. The molecule has 0 radical (unpaired) electrons. The van der Waals surface area contributed by atoms with E-state index in [4.69, 9.17) is 0 Å². The minimum atomic E-state index is -0.0822. The van der Waals surface area contributed by atoms with Crippen LogP contribution in [0.2, 0.25) is 10.0 Å². The molecule has 0 aliphatic carbocycles. The van der Waals surface area contributed by atoms with Crippen molar-refractivity contribution in [2.75, 3.05) is 0 Å². The molecular formula is C7H18Ge. The van der Waals surface area contributed by atoms with E-state index in [9.17, 15) is 0 Å². The average Bonchev–Trinajstić information content (AvgIpc) is 1.61. The summed E-state index contributed by atoms with van der Waals surface area (Å²) < 4.78 is 1.07. The van der Waals surface area contributed by atoms with Crippen molar-refractivity contribution in [3.05, 3.63) is 0 Å². The maximum atomic E-state index is 2.36. The minimum absolute atomic E-state index is 0.0822. The quantitative estimate of drug-likeness (QED) is 0.575. The van der Waals surface area contributed by atoms with Crippen molar-refractivity contribution in [3.63, 3.8) is 0 Å². The van der Waals surface area contributed by atoms with Crippen LogP contribution >= 0.6 is 0 Å². The van der Waals surface area contributed by atoms with E-state index in [2.05, 4.69) is 27.7 Å². The van der Waals surface area contributed by atoms with Gasteiger partial charge in [-0.25, -0.2) is 0 Å². The molecule has 0 amide bonds. The SMILES string of the molecule is CC(C)[CH2][GeH2][CH](C)C. The Morgan fingerprint density at radius 1 is 1.12 bits per heavy atom. The summed E-state index contributed by atoms with van der Waals surface area (Å²) in [4.78, 5) is 0. The molecular weight excluding hydrogens is 157 g/mol. The normalized spacial score (nSPS) is 12.8. The summed E-state index contributed by atoms with van der Waals surface area (Å²) in [6, 6.07) is 0. The molecule has 0 saturated heterocycles. The van der Waals surface area contributed by atoms with Gasteiger partial charge in [-0.05, 0) is 0 Å². The van der Waals surface area contributed by atoms with Crippen LogP contribution < -0.4 is 0 Å². The molecule has 0 unspecified atom stereocenters. The first-order valence-electron chi connectivity index (χ1n) is 3.63. The van der Waals surface area contributed by atoms with E-state index in [0.29, 0.717) is 0 Å². The van der Waals surface area contributed by atoms with Gasteiger partial charge in [0.1, 0.15) is 0 Å². The van der Waals surface area contributed by atoms with Crippen LogP contribution in [0.5, 0.6) is 0 Å². The van der Waals surface area contributed by atoms with Gasteiger partial charge in [-0.2, -0.15) is 0 Å². The Morgan fingerprint density at radius 2 is 1.62 bits per heavy atom. The van der Waals surface area contributed by atoms with Gasteiger partial charge in [0.2, 0.25) is 0 Å². The summed E-state index contributed by atoms with van der Waals surface area (Å²) in [5.41, 5.74) is 0. The number of rotatable bonds is 3. The van der Waals surface area contributed by atoms with Crippen LogP contribution in [0.4, 0.5) is 0 Å². The fourth-order valence-corrected chi connectivity index (χ4v) is 3.46. The van der Waals surface area contributed by atoms with Gasteiger partial charge in [0.25, 0.3) is 0 Å². The van der Waals surface area contributed by atoms with E-state index in [0.717, 1.165) is 10.7 Å². The van der Waals surface area contributed by atoms with Gasteiger partial charge in [0.15, 0.2) is 0 Å². The molecule has 0 fully saturated rings. The van der Waals surface area contributed by atoms with Crippen LogP contribution in [0.25, 0.3) is 0 Å². The van der Waals surface area contributed by atoms with Crippen molar-refractivity contribution in [1.82, 2.24) is 0 Å². The molecule has 0 rings (SSSR count). The van der Waals surface area contributed by atoms with Gasteiger partial charge in [-0.1, -0.05) is 0 Å². The molecule has 0 spiro atoms. The summed E-state index contributed by atoms with van der Waals surface area (Å²) in [6.45, 7) is 9.38. The van der Waals surface area contributed by atoms with Crippen molar-refractivity contribution in [2.45, 2.75) is 37.7 Å². The summed E-state index contributed by atoms with van der Waals surface area (Å²) >= 11 is -0.0822. The van der Waals surface area contributed by atoms with E-state index in [1.165, 1.54) is 0 Å². The van der Waals surface area contributed by atoms with Crippen molar-refractivity contribution in [3.8, 4) is 0 Å². The van der Waals surface area contributed by atoms with Crippen molar-refractivity contribution < 1.29 is 0 Å². The van der Waals surface area contributed by atoms with Crippen LogP contribution in [0.3, 0.4) is 0 Å². The Balaban J connectivity index is 2.93. The fraction of sp³-hybridized carbons (Fsp3) is 1.00. The Kier molecular flexibility index (Phi) is 4.72. The molecule has 0 aliphatic heterocycles. The first-order valence-corrected chi connectivity index (χ1v) is 7.44. The second-order valence-electron chi connectivity index (χ2n) is 3.37. The molecule has 0 heterocycles. The Hall–Kier alpha value is 0.543. The van der Waals surface area contributed by atoms with Crippen LogP contribution in [-0.4, -0.2) is 15.4 Å². The molecule has 0 nitrogen and oxygen atoms in total. The number of hydrogen-bond acceptors (Lipinski definition) is 0. The van der Waals surface area contributed by atoms with E-state index < -0.39 is 0 Å². The van der Waals surface area contributed by atoms with Crippen molar-refractivity contribution >= 4 is 15.4 Å². The summed E-state index contributed by atoms with van der Waals surface area (Å²) in [5, 5.41) is 1.57. The zero-order valence-electron chi connectivity index (χ0n) is 6.57. The second kappa shape index (κ2) is 4.42. The molecule has 1 heteroatoms. The molecule has 0 aromatic carbocycles. The summed E-state index contributed by atoms with van der Waals surface area (Å²) in [5.74, 6) is 0.970. The predicted molar refractivity (Wildman–Crippen MR) is 43.3 cm³/mol. The van der Waals surface area contributed by atoms with Gasteiger partial charge < -0.3 is 0 Å². The van der Waals surface area contributed by atoms with Gasteiger partial charge in [-0.15, -0.1) is 0 Å². The number of hydrogen-bond donors (Lipinski definition) is 0. The summed E-state index contributed by atoms with van der Waals surface area (Å²) in [6.07, 6.45) is 0. The second-order valence-corrected chi connectivity index (χ2v) is 9.21. The third kappa shape index (κ3) is 6.54. The van der Waals surface area contributed by atoms with E-state index in [1.54, 1.807) is 5.25 Å². The van der Waals surface area contributed by atoms with Crippen LogP contribution in [0.15, 0.2) is 0 Å². The molecule has 0 bridgehead atoms. The standard InChI is InChI=1S/C7H18Ge/c1-6(2)5-8-7(3)4/h6-7H,5,8H2,1-4H3. The zero-order chi connectivity index (χ0) is 6.57. The van der Waals surface area contributed by atoms with Gasteiger partial charge in [0.05, 0.1) is 0 Å². The summed E-state index contributed by atoms with van der Waals surface area (Å²) in [7, 11) is 0. The van der Waals surface area contributed by atoms with Gasteiger partial charge >= 0.3 is 59.0 Å². The fourth-order valence-electron chi connectivity index (χ4n) is 0.667. The van der Waals surface area contributed by atoms with E-state index in [-0.39, 0.29) is 15.4 Å². The molecule has 0 aromatic rings. The van der Waals surface area contributed by atoms with Crippen molar-refractivity contribution in [1.29, 1.82) is 0 Å². The molecule has 8 heavy (non-hydrogen) atoms. The Labute approximate surface area is 59.5 Å². The molecule has 0 aromatic heterocycles. The molecule has 0 N–H and O–H groups in total. The Bertz CT molecular complexity index is 40.3. The Morgan fingerprint density at radius 3 is 1.75 bits per heavy atom. The van der Waals surface area contributed by atoms with Gasteiger partial charge in [0, 0.05) is 0 Å². The van der Waals surface area contributed by atoms with Crippen LogP contribution in [0, 0.1) is 5.92 Å². The molecule has 0 aliphatic rings. The van der Waals surface area contributed by atoms with E-state index >= 15 is 0 Å². The molecule has 0 saturated carbocycles. The predicted octanol–water partition coefficient (Wildman–Crippen LogP) is 2.06. The topological polar surface area (TPSA) is 0 Å². The van der Waals surface area contributed by atoms with Crippen molar-refractivity contribution in [2.24, 2.45) is 5.92 Å². The molecule has 50 valence electrons. The van der Waals surface area contributed by atoms with E-state index in [1.807, 2.05) is 0 Å².